The van der Waals surface area contributed by atoms with Crippen molar-refractivity contribution in [3.8, 4) is 0 Å². The maximum absolute atomic E-state index is 5.94. The van der Waals surface area contributed by atoms with Crippen molar-refractivity contribution in [2.75, 3.05) is 5.73 Å². The molecule has 1 heteroatoms. The number of benzene rings is 1. The molecule has 0 saturated heterocycles. The minimum atomic E-state index is 0.800. The van der Waals surface area contributed by atoms with Crippen LogP contribution in [0.5, 0.6) is 0 Å². The molecule has 2 aliphatic carbocycles. The molecule has 0 spiro atoms. The van der Waals surface area contributed by atoms with Crippen molar-refractivity contribution in [2.45, 2.75) is 25.2 Å². The third-order valence-electron chi connectivity index (χ3n) is 3.46. The summed E-state index contributed by atoms with van der Waals surface area (Å²) in [4.78, 5) is 0. The Morgan fingerprint density at radius 1 is 1.15 bits per heavy atom. The van der Waals surface area contributed by atoms with Gasteiger partial charge in [-0.15, -0.1) is 0 Å². The van der Waals surface area contributed by atoms with Crippen LogP contribution in [0.3, 0.4) is 0 Å². The second-order valence-corrected chi connectivity index (χ2v) is 4.47. The molecular formula is C12H15N. The van der Waals surface area contributed by atoms with Crippen molar-refractivity contribution >= 4 is 5.69 Å². The van der Waals surface area contributed by atoms with E-state index in [1.165, 1.54) is 24.8 Å². The van der Waals surface area contributed by atoms with Crippen molar-refractivity contribution in [1.82, 2.24) is 0 Å². The van der Waals surface area contributed by atoms with Gasteiger partial charge in [-0.05, 0) is 48.6 Å². The van der Waals surface area contributed by atoms with Gasteiger partial charge in [-0.3, -0.25) is 0 Å². The molecule has 2 saturated carbocycles. The van der Waals surface area contributed by atoms with Gasteiger partial charge in [0.15, 0.2) is 0 Å². The Kier molecular flexibility index (Phi) is 1.43. The molecule has 0 radical (unpaired) electrons. The van der Waals surface area contributed by atoms with Gasteiger partial charge in [0.05, 0.1) is 0 Å². The molecule has 2 aliphatic rings. The standard InChI is InChI=1S/C12H15N/c13-12-4-2-1-3-9(12)11-7-10(11)8-5-6-8/h1-4,8,10-11H,5-7,13H2/t10-,11+/m1/s1. The lowest BCUT2D eigenvalue weighted by molar-refractivity contribution is 0.691. The fourth-order valence-corrected chi connectivity index (χ4v) is 2.47. The van der Waals surface area contributed by atoms with Gasteiger partial charge >= 0.3 is 0 Å². The van der Waals surface area contributed by atoms with Crippen LogP contribution in [0.2, 0.25) is 0 Å². The molecule has 68 valence electrons. The molecule has 3 rings (SSSR count). The van der Waals surface area contributed by atoms with Crippen LogP contribution in [0, 0.1) is 11.8 Å². The SMILES string of the molecule is Nc1ccccc1[C@@H]1C[C@@H]1C1CC1. The second kappa shape index (κ2) is 2.50. The normalized spacial score (nSPS) is 31.7. The van der Waals surface area contributed by atoms with Crippen LogP contribution in [0.1, 0.15) is 30.7 Å². The monoisotopic (exact) mass is 173 g/mol. The third kappa shape index (κ3) is 1.23. The van der Waals surface area contributed by atoms with Gasteiger partial charge < -0.3 is 5.73 Å². The van der Waals surface area contributed by atoms with Crippen LogP contribution in [0.25, 0.3) is 0 Å². The largest absolute Gasteiger partial charge is 0.398 e. The molecular weight excluding hydrogens is 158 g/mol. The first-order valence-electron chi connectivity index (χ1n) is 5.20. The minimum absolute atomic E-state index is 0.800. The van der Waals surface area contributed by atoms with Gasteiger partial charge in [-0.1, -0.05) is 18.2 Å². The van der Waals surface area contributed by atoms with Crippen molar-refractivity contribution in [3.63, 3.8) is 0 Å². The van der Waals surface area contributed by atoms with Gasteiger partial charge in [-0.25, -0.2) is 0 Å². The number of anilines is 1. The highest BCUT2D eigenvalue weighted by Gasteiger charge is 2.48. The zero-order valence-corrected chi connectivity index (χ0v) is 7.74. The molecule has 2 fully saturated rings. The molecule has 0 unspecified atom stereocenters. The highest BCUT2D eigenvalue weighted by Crippen LogP contribution is 2.59. The fraction of sp³-hybridized carbons (Fsp3) is 0.500. The van der Waals surface area contributed by atoms with Crippen LogP contribution in [-0.4, -0.2) is 0 Å². The summed E-state index contributed by atoms with van der Waals surface area (Å²) in [5, 5.41) is 0. The predicted octanol–water partition coefficient (Wildman–Crippen LogP) is 2.78. The van der Waals surface area contributed by atoms with Crippen LogP contribution in [0.4, 0.5) is 5.69 Å². The Hall–Kier alpha value is -0.980. The van der Waals surface area contributed by atoms with Crippen LogP contribution < -0.4 is 5.73 Å². The minimum Gasteiger partial charge on any atom is -0.398 e. The van der Waals surface area contributed by atoms with E-state index in [0.29, 0.717) is 0 Å². The number of para-hydroxylation sites is 1. The lowest BCUT2D eigenvalue weighted by Crippen LogP contribution is -1.93. The van der Waals surface area contributed by atoms with Crippen molar-refractivity contribution in [2.24, 2.45) is 11.8 Å². The van der Waals surface area contributed by atoms with Crippen LogP contribution >= 0.6 is 0 Å². The average Bonchev–Trinajstić information content (AvgIpc) is 3.00. The molecule has 2 N–H and O–H groups in total. The van der Waals surface area contributed by atoms with E-state index < -0.39 is 0 Å². The summed E-state index contributed by atoms with van der Waals surface area (Å²) in [7, 11) is 0. The molecule has 0 bridgehead atoms. The Morgan fingerprint density at radius 3 is 2.62 bits per heavy atom. The maximum Gasteiger partial charge on any atom is 0.0349 e. The molecule has 0 aromatic heterocycles. The van der Waals surface area contributed by atoms with E-state index in [4.69, 9.17) is 5.73 Å². The molecule has 1 nitrogen and oxygen atoms in total. The highest BCUT2D eigenvalue weighted by atomic mass is 14.6. The van der Waals surface area contributed by atoms with Crippen LogP contribution in [-0.2, 0) is 0 Å². The zero-order valence-electron chi connectivity index (χ0n) is 7.74. The van der Waals surface area contributed by atoms with E-state index in [-0.39, 0.29) is 0 Å². The van der Waals surface area contributed by atoms with E-state index in [2.05, 4.69) is 12.1 Å². The summed E-state index contributed by atoms with van der Waals surface area (Å²) < 4.78 is 0. The lowest BCUT2D eigenvalue weighted by Gasteiger charge is -2.03. The molecule has 0 aliphatic heterocycles. The van der Waals surface area contributed by atoms with E-state index >= 15 is 0 Å². The van der Waals surface area contributed by atoms with Crippen molar-refractivity contribution in [3.05, 3.63) is 29.8 Å². The zero-order chi connectivity index (χ0) is 8.84. The highest BCUT2D eigenvalue weighted by molar-refractivity contribution is 5.50. The van der Waals surface area contributed by atoms with Gasteiger partial charge in [0.1, 0.15) is 0 Å². The van der Waals surface area contributed by atoms with Gasteiger partial charge in [0.25, 0.3) is 0 Å². The summed E-state index contributed by atoms with van der Waals surface area (Å²) in [6.07, 6.45) is 4.32. The maximum atomic E-state index is 5.94. The third-order valence-corrected chi connectivity index (χ3v) is 3.46. The lowest BCUT2D eigenvalue weighted by atomic mass is 10.1. The quantitative estimate of drug-likeness (QED) is 0.684. The van der Waals surface area contributed by atoms with Gasteiger partial charge in [-0.2, -0.15) is 0 Å². The molecule has 1 aromatic carbocycles. The number of hydrogen-bond donors (Lipinski definition) is 1. The topological polar surface area (TPSA) is 26.0 Å². The number of rotatable bonds is 2. The van der Waals surface area contributed by atoms with E-state index in [1.54, 1.807) is 0 Å². The Balaban J connectivity index is 1.82. The van der Waals surface area contributed by atoms with Gasteiger partial charge in [0.2, 0.25) is 0 Å². The molecule has 13 heavy (non-hydrogen) atoms. The number of hydrogen-bond acceptors (Lipinski definition) is 1. The van der Waals surface area contributed by atoms with E-state index in [9.17, 15) is 0 Å². The van der Waals surface area contributed by atoms with Crippen molar-refractivity contribution < 1.29 is 0 Å². The van der Waals surface area contributed by atoms with Gasteiger partial charge in [0, 0.05) is 5.69 Å². The summed E-state index contributed by atoms with van der Waals surface area (Å²) in [6, 6.07) is 8.35. The molecule has 0 amide bonds. The van der Waals surface area contributed by atoms with Crippen LogP contribution in [0.15, 0.2) is 24.3 Å². The number of nitrogen functional groups attached to an aromatic ring is 1. The smallest absolute Gasteiger partial charge is 0.0349 e. The molecule has 0 heterocycles. The predicted molar refractivity (Wildman–Crippen MR) is 54.4 cm³/mol. The Bertz CT molecular complexity index is 328. The first-order valence-corrected chi connectivity index (χ1v) is 5.20. The summed E-state index contributed by atoms with van der Waals surface area (Å²) >= 11 is 0. The average molecular weight is 173 g/mol. The molecule has 1 aromatic rings. The summed E-state index contributed by atoms with van der Waals surface area (Å²) in [6.45, 7) is 0. The fourth-order valence-electron chi connectivity index (χ4n) is 2.47. The first-order chi connectivity index (χ1) is 6.36. The molecule has 2 atom stereocenters. The summed E-state index contributed by atoms with van der Waals surface area (Å²) in [5.41, 5.74) is 8.34. The number of nitrogens with two attached hydrogens (primary N) is 1. The summed E-state index contributed by atoms with van der Waals surface area (Å²) in [5.74, 6) is 2.82. The Morgan fingerprint density at radius 2 is 1.92 bits per heavy atom. The van der Waals surface area contributed by atoms with E-state index in [0.717, 1.165) is 23.4 Å². The second-order valence-electron chi connectivity index (χ2n) is 4.47. The van der Waals surface area contributed by atoms with E-state index in [1.807, 2.05) is 12.1 Å². The first kappa shape index (κ1) is 7.43. The Labute approximate surface area is 78.9 Å². The van der Waals surface area contributed by atoms with Crippen molar-refractivity contribution in [1.29, 1.82) is 0 Å².